The SMILES string of the molecule is COc1ccc(OC)c(NC(=O)C(C)OC(=O)c2ccc(-n3c(C)c[nH]c3=O)cc2)c1. The van der Waals surface area contributed by atoms with Crippen LogP contribution in [0.15, 0.2) is 53.5 Å². The summed E-state index contributed by atoms with van der Waals surface area (Å²) in [5.41, 5.74) is 1.72. The van der Waals surface area contributed by atoms with Crippen LogP contribution in [0.4, 0.5) is 5.69 Å². The van der Waals surface area contributed by atoms with Crippen LogP contribution in [0, 0.1) is 6.92 Å². The summed E-state index contributed by atoms with van der Waals surface area (Å²) in [5.74, 6) is -0.202. The molecule has 2 aromatic carbocycles. The number of hydrogen-bond acceptors (Lipinski definition) is 6. The second-order valence-electron chi connectivity index (χ2n) is 6.72. The molecule has 0 aliphatic rings. The first-order valence-corrected chi connectivity index (χ1v) is 9.45. The summed E-state index contributed by atoms with van der Waals surface area (Å²) < 4.78 is 17.1. The third kappa shape index (κ3) is 4.77. The van der Waals surface area contributed by atoms with Crippen LogP contribution in [-0.2, 0) is 9.53 Å². The summed E-state index contributed by atoms with van der Waals surface area (Å²) in [7, 11) is 2.99. The number of H-pyrrole nitrogens is 1. The molecule has 0 fully saturated rings. The number of hydrogen-bond donors (Lipinski definition) is 2. The molecule has 0 saturated carbocycles. The van der Waals surface area contributed by atoms with Crippen molar-refractivity contribution in [1.82, 2.24) is 9.55 Å². The van der Waals surface area contributed by atoms with Gasteiger partial charge in [-0.15, -0.1) is 0 Å². The van der Waals surface area contributed by atoms with E-state index in [0.717, 1.165) is 5.69 Å². The molecule has 1 amide bonds. The Morgan fingerprint density at radius 2 is 1.77 bits per heavy atom. The zero-order chi connectivity index (χ0) is 22.5. The Labute approximate surface area is 178 Å². The Balaban J connectivity index is 1.68. The average Bonchev–Trinajstić information content (AvgIpc) is 3.11. The number of amides is 1. The first kappa shape index (κ1) is 21.7. The number of carbonyl (C=O) groups is 2. The Bertz CT molecular complexity index is 1150. The summed E-state index contributed by atoms with van der Waals surface area (Å²) in [4.78, 5) is 39.4. The molecule has 3 aromatic rings. The van der Waals surface area contributed by atoms with E-state index in [1.807, 2.05) is 0 Å². The highest BCUT2D eigenvalue weighted by Gasteiger charge is 2.21. The third-order valence-corrected chi connectivity index (χ3v) is 4.64. The number of aromatic nitrogens is 2. The summed E-state index contributed by atoms with van der Waals surface area (Å²) >= 11 is 0. The summed E-state index contributed by atoms with van der Waals surface area (Å²) in [6.07, 6.45) is 0.542. The van der Waals surface area contributed by atoms with E-state index in [9.17, 15) is 14.4 Å². The lowest BCUT2D eigenvalue weighted by Gasteiger charge is -2.16. The molecule has 0 saturated heterocycles. The topological polar surface area (TPSA) is 112 Å². The molecule has 1 aromatic heterocycles. The predicted octanol–water partition coefficient (Wildman–Crippen LogP) is 2.68. The van der Waals surface area contributed by atoms with Crippen LogP contribution in [0.1, 0.15) is 23.0 Å². The number of imidazole rings is 1. The average molecular weight is 425 g/mol. The molecule has 31 heavy (non-hydrogen) atoms. The van der Waals surface area contributed by atoms with Gasteiger partial charge in [-0.25, -0.2) is 9.59 Å². The summed E-state index contributed by atoms with van der Waals surface area (Å²) in [6, 6.07) is 11.3. The predicted molar refractivity (Wildman–Crippen MR) is 114 cm³/mol. The Morgan fingerprint density at radius 1 is 1.06 bits per heavy atom. The monoisotopic (exact) mass is 425 g/mol. The molecule has 162 valence electrons. The molecule has 0 bridgehead atoms. The highest BCUT2D eigenvalue weighted by Crippen LogP contribution is 2.29. The first-order chi connectivity index (χ1) is 14.8. The van der Waals surface area contributed by atoms with Crippen molar-refractivity contribution in [2.45, 2.75) is 20.0 Å². The zero-order valence-electron chi connectivity index (χ0n) is 17.6. The van der Waals surface area contributed by atoms with E-state index in [1.54, 1.807) is 43.5 Å². The standard InChI is InChI=1S/C22H23N3O6/c1-13-12-23-22(28)25(13)16-7-5-15(6-8-16)21(27)31-14(2)20(26)24-18-11-17(29-3)9-10-19(18)30-4/h5-12,14H,1-4H3,(H,23,28)(H,24,26). The number of carbonyl (C=O) groups excluding carboxylic acids is 2. The molecular weight excluding hydrogens is 402 g/mol. The molecule has 1 atom stereocenters. The minimum Gasteiger partial charge on any atom is -0.497 e. The lowest BCUT2D eigenvalue weighted by Crippen LogP contribution is -2.30. The second kappa shape index (κ2) is 9.21. The third-order valence-electron chi connectivity index (χ3n) is 4.64. The van der Waals surface area contributed by atoms with Gasteiger partial charge in [-0.3, -0.25) is 9.36 Å². The van der Waals surface area contributed by atoms with E-state index in [1.165, 1.54) is 37.8 Å². The highest BCUT2D eigenvalue weighted by molar-refractivity contribution is 5.98. The van der Waals surface area contributed by atoms with Gasteiger partial charge in [-0.2, -0.15) is 0 Å². The number of nitrogens with one attached hydrogen (secondary N) is 2. The van der Waals surface area contributed by atoms with E-state index in [0.29, 0.717) is 22.9 Å². The number of methoxy groups -OCH3 is 2. The number of rotatable bonds is 7. The van der Waals surface area contributed by atoms with Crippen molar-refractivity contribution < 1.29 is 23.8 Å². The lowest BCUT2D eigenvalue weighted by atomic mass is 10.2. The van der Waals surface area contributed by atoms with Gasteiger partial charge < -0.3 is 24.5 Å². The maximum atomic E-state index is 12.5. The molecular formula is C22H23N3O6. The van der Waals surface area contributed by atoms with Gasteiger partial charge >= 0.3 is 11.7 Å². The van der Waals surface area contributed by atoms with Crippen molar-refractivity contribution in [2.75, 3.05) is 19.5 Å². The molecule has 3 rings (SSSR count). The lowest BCUT2D eigenvalue weighted by molar-refractivity contribution is -0.123. The van der Waals surface area contributed by atoms with Crippen molar-refractivity contribution in [3.05, 3.63) is 70.4 Å². The minimum atomic E-state index is -1.06. The van der Waals surface area contributed by atoms with Crippen LogP contribution in [0.2, 0.25) is 0 Å². The maximum Gasteiger partial charge on any atom is 0.338 e. The number of ether oxygens (including phenoxy) is 3. The molecule has 1 heterocycles. The molecule has 1 unspecified atom stereocenters. The number of nitrogens with zero attached hydrogens (tertiary/aromatic N) is 1. The van der Waals surface area contributed by atoms with Crippen LogP contribution in [0.25, 0.3) is 5.69 Å². The van der Waals surface area contributed by atoms with Crippen LogP contribution < -0.4 is 20.5 Å². The zero-order valence-corrected chi connectivity index (χ0v) is 17.6. The fourth-order valence-corrected chi connectivity index (χ4v) is 2.95. The first-order valence-electron chi connectivity index (χ1n) is 9.45. The molecule has 9 nitrogen and oxygen atoms in total. The summed E-state index contributed by atoms with van der Waals surface area (Å²) in [6.45, 7) is 3.26. The van der Waals surface area contributed by atoms with Crippen molar-refractivity contribution in [3.63, 3.8) is 0 Å². The van der Waals surface area contributed by atoms with Crippen LogP contribution in [0.3, 0.4) is 0 Å². The van der Waals surface area contributed by atoms with Crippen molar-refractivity contribution >= 4 is 17.6 Å². The molecule has 0 aliphatic heterocycles. The minimum absolute atomic E-state index is 0.253. The van der Waals surface area contributed by atoms with Gasteiger partial charge in [0.05, 0.1) is 31.2 Å². The molecule has 0 aliphatic carbocycles. The van der Waals surface area contributed by atoms with E-state index in [4.69, 9.17) is 14.2 Å². The largest absolute Gasteiger partial charge is 0.497 e. The van der Waals surface area contributed by atoms with E-state index < -0.39 is 18.0 Å². The van der Waals surface area contributed by atoms with Gasteiger partial charge in [0.1, 0.15) is 11.5 Å². The highest BCUT2D eigenvalue weighted by atomic mass is 16.5. The number of aryl methyl sites for hydroxylation is 1. The van der Waals surface area contributed by atoms with E-state index in [-0.39, 0.29) is 11.3 Å². The Hall–Kier alpha value is -4.01. The van der Waals surface area contributed by atoms with Crippen molar-refractivity contribution in [1.29, 1.82) is 0 Å². The number of esters is 1. The number of benzene rings is 2. The molecule has 0 spiro atoms. The smallest absolute Gasteiger partial charge is 0.338 e. The van der Waals surface area contributed by atoms with E-state index in [2.05, 4.69) is 10.3 Å². The quantitative estimate of drug-likeness (QED) is 0.563. The van der Waals surface area contributed by atoms with Gasteiger partial charge in [0, 0.05) is 18.0 Å². The van der Waals surface area contributed by atoms with Crippen molar-refractivity contribution in [3.8, 4) is 17.2 Å². The molecule has 2 N–H and O–H groups in total. The molecule has 0 radical (unpaired) electrons. The fourth-order valence-electron chi connectivity index (χ4n) is 2.95. The fraction of sp³-hybridized carbons (Fsp3) is 0.227. The van der Waals surface area contributed by atoms with Gasteiger partial charge in [0.2, 0.25) is 0 Å². The second-order valence-corrected chi connectivity index (χ2v) is 6.72. The van der Waals surface area contributed by atoms with Crippen molar-refractivity contribution in [2.24, 2.45) is 0 Å². The van der Waals surface area contributed by atoms with Crippen LogP contribution >= 0.6 is 0 Å². The van der Waals surface area contributed by atoms with Gasteiger partial charge in [0.25, 0.3) is 5.91 Å². The normalized spacial score (nSPS) is 11.5. The van der Waals surface area contributed by atoms with Crippen LogP contribution in [0.5, 0.6) is 11.5 Å². The van der Waals surface area contributed by atoms with Gasteiger partial charge in [-0.05, 0) is 50.2 Å². The summed E-state index contributed by atoms with van der Waals surface area (Å²) in [5, 5.41) is 2.67. The number of aromatic amines is 1. The molecule has 9 heteroatoms. The van der Waals surface area contributed by atoms with Gasteiger partial charge in [0.15, 0.2) is 6.10 Å². The maximum absolute atomic E-state index is 12.5. The Kier molecular flexibility index (Phi) is 6.44. The van der Waals surface area contributed by atoms with Gasteiger partial charge in [-0.1, -0.05) is 0 Å². The van der Waals surface area contributed by atoms with E-state index >= 15 is 0 Å². The number of anilines is 1. The van der Waals surface area contributed by atoms with Crippen LogP contribution in [-0.4, -0.2) is 41.8 Å². The Morgan fingerprint density at radius 3 is 2.35 bits per heavy atom.